The first kappa shape index (κ1) is 24.9. The molecule has 0 aliphatic carbocycles. The number of carbonyl (C=O) groups excluding carboxylic acids is 2. The summed E-state index contributed by atoms with van der Waals surface area (Å²) in [6, 6.07) is 7.17. The van der Waals surface area contributed by atoms with E-state index in [4.69, 9.17) is 21.1 Å². The Morgan fingerprint density at radius 2 is 1.76 bits per heavy atom. The molecule has 2 aliphatic rings. The number of halogens is 1. The topological polar surface area (TPSA) is 72.0 Å². The Morgan fingerprint density at radius 1 is 1.12 bits per heavy atom. The molecule has 3 heterocycles. The van der Waals surface area contributed by atoms with Crippen LogP contribution in [0.5, 0.6) is 5.75 Å². The van der Waals surface area contributed by atoms with Crippen molar-refractivity contribution in [2.75, 3.05) is 26.2 Å². The first-order chi connectivity index (χ1) is 16.1. The maximum atomic E-state index is 13.2. The van der Waals surface area contributed by atoms with Crippen LogP contribution >= 0.6 is 22.9 Å². The molecule has 184 valence electrons. The molecule has 2 aliphatic heterocycles. The number of rotatable bonds is 5. The summed E-state index contributed by atoms with van der Waals surface area (Å²) >= 11 is 7.74. The van der Waals surface area contributed by atoms with Gasteiger partial charge in [-0.25, -0.2) is 4.98 Å². The Morgan fingerprint density at radius 3 is 2.41 bits per heavy atom. The second-order valence-electron chi connectivity index (χ2n) is 9.65. The monoisotopic (exact) mass is 505 g/mol. The van der Waals surface area contributed by atoms with E-state index in [2.05, 4.69) is 4.98 Å². The van der Waals surface area contributed by atoms with Crippen LogP contribution in [0, 0.1) is 0 Å². The van der Waals surface area contributed by atoms with Gasteiger partial charge in [0.15, 0.2) is 5.60 Å². The number of nitrogens with zero attached hydrogens (tertiary/aromatic N) is 3. The van der Waals surface area contributed by atoms with E-state index in [9.17, 15) is 9.59 Å². The Bertz CT molecular complexity index is 1020. The quantitative estimate of drug-likeness (QED) is 0.593. The molecule has 0 radical (unpaired) electrons. The molecule has 4 rings (SSSR count). The van der Waals surface area contributed by atoms with Crippen molar-refractivity contribution < 1.29 is 19.1 Å². The number of aromatic nitrogens is 1. The second-order valence-corrected chi connectivity index (χ2v) is 10.9. The molecule has 2 unspecified atom stereocenters. The second kappa shape index (κ2) is 10.2. The van der Waals surface area contributed by atoms with Crippen LogP contribution in [0.25, 0.3) is 0 Å². The largest absolute Gasteiger partial charge is 0.476 e. The van der Waals surface area contributed by atoms with Gasteiger partial charge in [0.1, 0.15) is 11.4 Å². The van der Waals surface area contributed by atoms with Crippen LogP contribution in [0.3, 0.4) is 0 Å². The van der Waals surface area contributed by atoms with Gasteiger partial charge < -0.3 is 19.3 Å². The van der Waals surface area contributed by atoms with E-state index in [0.29, 0.717) is 42.6 Å². The van der Waals surface area contributed by atoms with E-state index >= 15 is 0 Å². The third kappa shape index (κ3) is 5.56. The van der Waals surface area contributed by atoms with E-state index < -0.39 is 5.60 Å². The number of amides is 2. The predicted octanol–water partition coefficient (Wildman–Crippen LogP) is 4.61. The van der Waals surface area contributed by atoms with Crippen LogP contribution < -0.4 is 4.74 Å². The van der Waals surface area contributed by atoms with Gasteiger partial charge in [-0.1, -0.05) is 23.7 Å². The Labute approximate surface area is 210 Å². The highest BCUT2D eigenvalue weighted by atomic mass is 35.5. The summed E-state index contributed by atoms with van der Waals surface area (Å²) in [4.78, 5) is 34.5. The molecule has 2 amide bonds. The third-order valence-corrected chi connectivity index (χ3v) is 7.62. The lowest BCUT2D eigenvalue weighted by Gasteiger charge is -2.36. The number of likely N-dealkylation sites (tertiary alicyclic amines) is 1. The van der Waals surface area contributed by atoms with Crippen molar-refractivity contribution in [1.29, 1.82) is 0 Å². The van der Waals surface area contributed by atoms with Crippen molar-refractivity contribution in [2.45, 2.75) is 64.3 Å². The number of carbonyl (C=O) groups is 2. The number of hydrogen-bond donors (Lipinski definition) is 0. The Hall–Kier alpha value is -2.16. The van der Waals surface area contributed by atoms with Gasteiger partial charge in [-0.3, -0.25) is 9.59 Å². The summed E-state index contributed by atoms with van der Waals surface area (Å²) in [5.41, 5.74) is -0.514. The van der Waals surface area contributed by atoms with Crippen LogP contribution in [-0.2, 0) is 9.53 Å². The summed E-state index contributed by atoms with van der Waals surface area (Å²) < 4.78 is 11.7. The summed E-state index contributed by atoms with van der Waals surface area (Å²) in [6.07, 6.45) is 1.67. The number of hydrogen-bond acceptors (Lipinski definition) is 6. The zero-order chi connectivity index (χ0) is 24.5. The third-order valence-electron chi connectivity index (χ3n) is 6.30. The average molecular weight is 506 g/mol. The zero-order valence-electron chi connectivity index (χ0n) is 20.1. The predicted molar refractivity (Wildman–Crippen MR) is 133 cm³/mol. The van der Waals surface area contributed by atoms with Gasteiger partial charge >= 0.3 is 0 Å². The van der Waals surface area contributed by atoms with E-state index in [-0.39, 0.29) is 29.9 Å². The molecule has 0 bridgehead atoms. The number of para-hydroxylation sites is 1. The van der Waals surface area contributed by atoms with E-state index in [0.717, 1.165) is 17.8 Å². The average Bonchev–Trinajstić information content (AvgIpc) is 3.29. The summed E-state index contributed by atoms with van der Waals surface area (Å²) in [5.74, 6) is 0.652. The van der Waals surface area contributed by atoms with Gasteiger partial charge in [0.05, 0.1) is 22.2 Å². The standard InChI is InChI=1S/C25H32ClN3O4S/c1-16-13-29(14-17(2)32-16)23(30)20-15-34-22(27-20)18-9-11-28(12-10-18)24(31)25(3,4)33-21-8-6-5-7-19(21)26/h5-8,15-18H,9-14H2,1-4H3. The van der Waals surface area contributed by atoms with Crippen molar-refractivity contribution in [3.63, 3.8) is 0 Å². The molecule has 0 spiro atoms. The fraction of sp³-hybridized carbons (Fsp3) is 0.560. The summed E-state index contributed by atoms with van der Waals surface area (Å²) in [5, 5.41) is 3.31. The van der Waals surface area contributed by atoms with E-state index in [1.807, 2.05) is 41.2 Å². The molecule has 2 atom stereocenters. The summed E-state index contributed by atoms with van der Waals surface area (Å²) in [6.45, 7) is 9.94. The first-order valence-corrected chi connectivity index (χ1v) is 13.0. The van der Waals surface area contributed by atoms with Crippen molar-refractivity contribution >= 4 is 34.8 Å². The molecule has 2 fully saturated rings. The molecule has 1 aromatic carbocycles. The van der Waals surface area contributed by atoms with E-state index in [1.165, 1.54) is 11.3 Å². The van der Waals surface area contributed by atoms with Crippen LogP contribution in [-0.4, -0.2) is 70.6 Å². The molecular weight excluding hydrogens is 474 g/mol. The molecule has 2 aromatic rings. The maximum absolute atomic E-state index is 13.2. The van der Waals surface area contributed by atoms with Crippen molar-refractivity contribution in [3.8, 4) is 5.75 Å². The molecule has 7 nitrogen and oxygen atoms in total. The van der Waals surface area contributed by atoms with Gasteiger partial charge in [-0.05, 0) is 52.7 Å². The van der Waals surface area contributed by atoms with Gasteiger partial charge in [-0.2, -0.15) is 0 Å². The number of piperidine rings is 1. The summed E-state index contributed by atoms with van der Waals surface area (Å²) in [7, 11) is 0. The number of ether oxygens (including phenoxy) is 2. The SMILES string of the molecule is CC1CN(C(=O)c2csc(C3CCN(C(=O)C(C)(C)Oc4ccccc4Cl)CC3)n2)CC(C)O1. The smallest absolute Gasteiger partial charge is 0.273 e. The van der Waals surface area contributed by atoms with Crippen LogP contribution in [0.1, 0.15) is 62.0 Å². The molecule has 34 heavy (non-hydrogen) atoms. The highest BCUT2D eigenvalue weighted by Crippen LogP contribution is 2.33. The lowest BCUT2D eigenvalue weighted by molar-refractivity contribution is -0.146. The fourth-order valence-electron chi connectivity index (χ4n) is 4.64. The van der Waals surface area contributed by atoms with Gasteiger partial charge in [-0.15, -0.1) is 11.3 Å². The molecular formula is C25H32ClN3O4S. The minimum absolute atomic E-state index is 0.0267. The van der Waals surface area contributed by atoms with Crippen LogP contribution in [0.15, 0.2) is 29.6 Å². The van der Waals surface area contributed by atoms with Gasteiger partial charge in [0.25, 0.3) is 11.8 Å². The van der Waals surface area contributed by atoms with Crippen LogP contribution in [0.2, 0.25) is 5.02 Å². The highest BCUT2D eigenvalue weighted by Gasteiger charge is 2.37. The van der Waals surface area contributed by atoms with E-state index in [1.54, 1.807) is 26.0 Å². The zero-order valence-corrected chi connectivity index (χ0v) is 21.7. The number of thiazole rings is 1. The normalized spacial score (nSPS) is 22.0. The Kier molecular flexibility index (Phi) is 7.50. The van der Waals surface area contributed by atoms with Crippen molar-refractivity contribution in [2.24, 2.45) is 0 Å². The molecule has 2 saturated heterocycles. The van der Waals surface area contributed by atoms with Crippen molar-refractivity contribution in [3.05, 3.63) is 45.4 Å². The Balaban J connectivity index is 1.34. The lowest BCUT2D eigenvalue weighted by Crippen LogP contribution is -2.51. The fourth-order valence-corrected chi connectivity index (χ4v) is 5.77. The molecule has 0 saturated carbocycles. The molecule has 0 N–H and O–H groups in total. The van der Waals surface area contributed by atoms with Crippen molar-refractivity contribution in [1.82, 2.24) is 14.8 Å². The number of morpholine rings is 1. The first-order valence-electron chi connectivity index (χ1n) is 11.8. The molecule has 9 heteroatoms. The minimum Gasteiger partial charge on any atom is -0.476 e. The minimum atomic E-state index is -1.02. The highest BCUT2D eigenvalue weighted by molar-refractivity contribution is 7.09. The maximum Gasteiger partial charge on any atom is 0.273 e. The lowest BCUT2D eigenvalue weighted by atomic mass is 9.96. The number of benzene rings is 1. The molecule has 1 aromatic heterocycles. The van der Waals surface area contributed by atoms with Gasteiger partial charge in [0, 0.05) is 37.5 Å². The van der Waals surface area contributed by atoms with Crippen LogP contribution in [0.4, 0.5) is 0 Å². The van der Waals surface area contributed by atoms with Gasteiger partial charge in [0.2, 0.25) is 0 Å².